The lowest BCUT2D eigenvalue weighted by Crippen LogP contribution is -2.28. The first kappa shape index (κ1) is 21.6. The van der Waals surface area contributed by atoms with Crippen LogP contribution in [0.2, 0.25) is 0 Å². The molecule has 0 spiro atoms. The summed E-state index contributed by atoms with van der Waals surface area (Å²) in [6.45, 7) is 4.78. The number of hydrogen-bond acceptors (Lipinski definition) is 3. The van der Waals surface area contributed by atoms with Gasteiger partial charge in [0.15, 0.2) is 0 Å². The summed E-state index contributed by atoms with van der Waals surface area (Å²) >= 11 is 0. The normalized spacial score (nSPS) is 19.0. The van der Waals surface area contributed by atoms with Crippen molar-refractivity contribution in [3.63, 3.8) is 0 Å². The predicted molar refractivity (Wildman–Crippen MR) is 126 cm³/mol. The first-order valence-electron chi connectivity index (χ1n) is 11.3. The third kappa shape index (κ3) is 3.60. The Hall–Kier alpha value is -3.19. The maximum Gasteiger partial charge on any atom is 0.306 e. The second kappa shape index (κ2) is 7.99. The van der Waals surface area contributed by atoms with Crippen molar-refractivity contribution in [1.82, 2.24) is 14.8 Å². The summed E-state index contributed by atoms with van der Waals surface area (Å²) in [5.74, 6) is -1.24. The summed E-state index contributed by atoms with van der Waals surface area (Å²) in [5.41, 5.74) is 4.68. The molecule has 5 rings (SSSR count). The summed E-state index contributed by atoms with van der Waals surface area (Å²) in [5, 5.41) is 19.0. The Morgan fingerprint density at radius 1 is 1.27 bits per heavy atom. The second-order valence-corrected chi connectivity index (χ2v) is 9.76. The van der Waals surface area contributed by atoms with Gasteiger partial charge in [0.25, 0.3) is 0 Å². The number of aliphatic carboxylic acids is 1. The third-order valence-electron chi connectivity index (χ3n) is 6.99. The lowest BCUT2D eigenvalue weighted by molar-refractivity contribution is -0.141. The lowest BCUT2D eigenvalue weighted by Gasteiger charge is -2.29. The predicted octanol–water partition coefficient (Wildman–Crippen LogP) is 5.54. The molecule has 0 unspecified atom stereocenters. The molecule has 2 aromatic heterocycles. The molecule has 0 aliphatic heterocycles. The maximum atomic E-state index is 13.8. The number of aromatic amines is 1. The SMILES string of the molecule is COCC(C)(C)c1c([C@@H]2CC[C@@H](C(=O)O)C2)c2cc3[nH]ncc3cc2n1-c1ccc(F)cc1. The molecule has 2 heterocycles. The van der Waals surface area contributed by atoms with Crippen LogP contribution in [-0.4, -0.2) is 39.6 Å². The standard InChI is InChI=1S/C26H28FN3O3/c1-26(2,14-33-3)24-23(15-4-5-16(10-15)25(31)32)20-12-21-17(13-28-29-21)11-22(20)30(24)19-8-6-18(27)7-9-19/h6-9,11-13,15-16H,4-5,10,14H2,1-3H3,(H,28,29)(H,31,32)/t15-,16-/m1/s1. The monoisotopic (exact) mass is 449 g/mol. The largest absolute Gasteiger partial charge is 0.481 e. The van der Waals surface area contributed by atoms with Gasteiger partial charge < -0.3 is 14.4 Å². The van der Waals surface area contributed by atoms with Gasteiger partial charge in [-0.25, -0.2) is 4.39 Å². The highest BCUT2D eigenvalue weighted by atomic mass is 19.1. The lowest BCUT2D eigenvalue weighted by atomic mass is 9.82. The number of methoxy groups -OCH3 is 1. The molecule has 2 aromatic carbocycles. The van der Waals surface area contributed by atoms with E-state index in [1.807, 2.05) is 0 Å². The molecular weight excluding hydrogens is 421 g/mol. The molecule has 1 aliphatic rings. The Bertz CT molecular complexity index is 1340. The van der Waals surface area contributed by atoms with Crippen LogP contribution < -0.4 is 0 Å². The van der Waals surface area contributed by atoms with Crippen LogP contribution in [0.5, 0.6) is 0 Å². The molecule has 2 N–H and O–H groups in total. The fourth-order valence-electron chi connectivity index (χ4n) is 5.58. The van der Waals surface area contributed by atoms with E-state index < -0.39 is 5.97 Å². The van der Waals surface area contributed by atoms with Crippen molar-refractivity contribution in [1.29, 1.82) is 0 Å². The number of carboxylic acid groups (broad SMARTS) is 1. The molecule has 0 bridgehead atoms. The smallest absolute Gasteiger partial charge is 0.306 e. The summed E-state index contributed by atoms with van der Waals surface area (Å²) in [4.78, 5) is 11.8. The minimum Gasteiger partial charge on any atom is -0.481 e. The van der Waals surface area contributed by atoms with Crippen molar-refractivity contribution in [2.24, 2.45) is 5.92 Å². The van der Waals surface area contributed by atoms with E-state index in [1.165, 1.54) is 12.1 Å². The van der Waals surface area contributed by atoms with E-state index >= 15 is 0 Å². The van der Waals surface area contributed by atoms with Crippen molar-refractivity contribution in [3.8, 4) is 5.69 Å². The maximum absolute atomic E-state index is 13.8. The van der Waals surface area contributed by atoms with E-state index in [-0.39, 0.29) is 23.1 Å². The molecule has 2 atom stereocenters. The number of rotatable bonds is 6. The van der Waals surface area contributed by atoms with E-state index in [0.717, 1.165) is 45.2 Å². The number of fused-ring (bicyclic) bond motifs is 2. The van der Waals surface area contributed by atoms with Crippen molar-refractivity contribution in [3.05, 3.63) is 59.7 Å². The average molecular weight is 450 g/mol. The van der Waals surface area contributed by atoms with Crippen LogP contribution in [-0.2, 0) is 14.9 Å². The fourth-order valence-corrected chi connectivity index (χ4v) is 5.58. The van der Waals surface area contributed by atoms with Gasteiger partial charge in [-0.3, -0.25) is 9.89 Å². The van der Waals surface area contributed by atoms with Crippen LogP contribution in [0.15, 0.2) is 42.6 Å². The van der Waals surface area contributed by atoms with Gasteiger partial charge in [-0.2, -0.15) is 5.10 Å². The van der Waals surface area contributed by atoms with E-state index in [0.29, 0.717) is 19.4 Å². The zero-order valence-electron chi connectivity index (χ0n) is 19.1. The Morgan fingerprint density at radius 3 is 2.70 bits per heavy atom. The van der Waals surface area contributed by atoms with Crippen LogP contribution in [0.3, 0.4) is 0 Å². The van der Waals surface area contributed by atoms with Gasteiger partial charge in [0.1, 0.15) is 5.82 Å². The third-order valence-corrected chi connectivity index (χ3v) is 6.99. The number of aromatic nitrogens is 3. The van der Waals surface area contributed by atoms with Crippen molar-refractivity contribution >= 4 is 27.8 Å². The number of nitrogens with zero attached hydrogens (tertiary/aromatic N) is 2. The van der Waals surface area contributed by atoms with Crippen molar-refractivity contribution < 1.29 is 19.0 Å². The number of hydrogen-bond donors (Lipinski definition) is 2. The minimum absolute atomic E-state index is 0.113. The Labute approximate surface area is 191 Å². The number of carboxylic acids is 1. The van der Waals surface area contributed by atoms with Crippen LogP contribution >= 0.6 is 0 Å². The molecule has 1 fully saturated rings. The van der Waals surface area contributed by atoms with Crippen LogP contribution in [0.25, 0.3) is 27.5 Å². The highest BCUT2D eigenvalue weighted by Crippen LogP contribution is 2.48. The number of halogens is 1. The second-order valence-electron chi connectivity index (χ2n) is 9.76. The molecule has 1 saturated carbocycles. The highest BCUT2D eigenvalue weighted by molar-refractivity contribution is 5.99. The molecular formula is C26H28FN3O3. The summed E-state index contributed by atoms with van der Waals surface area (Å²) in [7, 11) is 1.69. The Kier molecular flexibility index (Phi) is 5.24. The molecule has 7 heteroatoms. The topological polar surface area (TPSA) is 80.1 Å². The van der Waals surface area contributed by atoms with Crippen LogP contribution in [0.4, 0.5) is 4.39 Å². The van der Waals surface area contributed by atoms with Crippen LogP contribution in [0, 0.1) is 11.7 Å². The van der Waals surface area contributed by atoms with Gasteiger partial charge in [-0.15, -0.1) is 0 Å². The number of H-pyrrole nitrogens is 1. The van der Waals surface area contributed by atoms with Crippen molar-refractivity contribution in [2.45, 2.75) is 44.4 Å². The molecule has 6 nitrogen and oxygen atoms in total. The number of benzene rings is 2. The first-order valence-corrected chi connectivity index (χ1v) is 11.3. The number of ether oxygens (including phenoxy) is 1. The zero-order chi connectivity index (χ0) is 23.3. The zero-order valence-corrected chi connectivity index (χ0v) is 19.1. The number of carbonyl (C=O) groups is 1. The quantitative estimate of drug-likeness (QED) is 0.405. The summed E-state index contributed by atoms with van der Waals surface area (Å²) in [6.07, 6.45) is 3.89. The molecule has 0 amide bonds. The van der Waals surface area contributed by atoms with Gasteiger partial charge >= 0.3 is 5.97 Å². The first-order chi connectivity index (χ1) is 15.8. The van der Waals surface area contributed by atoms with E-state index in [4.69, 9.17) is 4.74 Å². The van der Waals surface area contributed by atoms with E-state index in [2.05, 4.69) is 40.7 Å². The van der Waals surface area contributed by atoms with E-state index in [9.17, 15) is 14.3 Å². The average Bonchev–Trinajstić information content (AvgIpc) is 3.49. The summed E-state index contributed by atoms with van der Waals surface area (Å²) in [6, 6.07) is 10.8. The minimum atomic E-state index is -0.728. The molecule has 0 radical (unpaired) electrons. The van der Waals surface area contributed by atoms with Gasteiger partial charge in [-0.05, 0) is 67.1 Å². The number of nitrogens with one attached hydrogen (secondary N) is 1. The van der Waals surface area contributed by atoms with Gasteiger partial charge in [0.05, 0.1) is 29.8 Å². The highest BCUT2D eigenvalue weighted by Gasteiger charge is 2.38. The molecule has 4 aromatic rings. The molecule has 1 aliphatic carbocycles. The van der Waals surface area contributed by atoms with Crippen molar-refractivity contribution in [2.75, 3.05) is 13.7 Å². The molecule has 172 valence electrons. The molecule has 33 heavy (non-hydrogen) atoms. The van der Waals surface area contributed by atoms with Gasteiger partial charge in [-0.1, -0.05) is 13.8 Å². The molecule has 0 saturated heterocycles. The van der Waals surface area contributed by atoms with Gasteiger partial charge in [0, 0.05) is 34.7 Å². The Morgan fingerprint density at radius 2 is 2.03 bits per heavy atom. The van der Waals surface area contributed by atoms with E-state index in [1.54, 1.807) is 25.4 Å². The summed E-state index contributed by atoms with van der Waals surface area (Å²) < 4.78 is 21.6. The Balaban J connectivity index is 1.86. The fraction of sp³-hybridized carbons (Fsp3) is 0.385. The van der Waals surface area contributed by atoms with Crippen LogP contribution in [0.1, 0.15) is 50.3 Å². The van der Waals surface area contributed by atoms with Gasteiger partial charge in [0.2, 0.25) is 0 Å².